The molecule has 2 atom stereocenters. The van der Waals surface area contributed by atoms with E-state index in [0.717, 1.165) is 19.5 Å². The molecule has 3 rings (SSSR count). The summed E-state index contributed by atoms with van der Waals surface area (Å²) in [5.74, 6) is 0.773. The highest BCUT2D eigenvalue weighted by Gasteiger charge is 2.31. The molecule has 1 amide bonds. The lowest BCUT2D eigenvalue weighted by molar-refractivity contribution is 0.00762. The van der Waals surface area contributed by atoms with E-state index in [1.807, 2.05) is 0 Å². The van der Waals surface area contributed by atoms with Gasteiger partial charge in [-0.1, -0.05) is 23.2 Å². The normalized spacial score (nSPS) is 19.1. The minimum absolute atomic E-state index is 0.134. The van der Waals surface area contributed by atoms with Crippen molar-refractivity contribution in [2.45, 2.75) is 18.6 Å². The molecule has 1 aromatic heterocycles. The largest absolute Gasteiger partial charge is 0.496 e. The Bertz CT molecular complexity index is 899. The lowest BCUT2D eigenvalue weighted by atomic mass is 10.0. The number of nitrogens with zero attached hydrogens (tertiary/aromatic N) is 3. The van der Waals surface area contributed by atoms with Crippen molar-refractivity contribution >= 4 is 40.6 Å². The van der Waals surface area contributed by atoms with Gasteiger partial charge in [0.15, 0.2) is 5.15 Å². The molecule has 4 N–H and O–H groups in total. The number of aromatic nitrogens is 2. The maximum absolute atomic E-state index is 12.9. The molecule has 0 bridgehead atoms. The van der Waals surface area contributed by atoms with E-state index in [4.69, 9.17) is 38.4 Å². The van der Waals surface area contributed by atoms with Crippen LogP contribution in [0.3, 0.4) is 0 Å². The van der Waals surface area contributed by atoms with E-state index in [-0.39, 0.29) is 18.1 Å². The minimum Gasteiger partial charge on any atom is -0.496 e. The molecule has 2 heterocycles. The lowest BCUT2D eigenvalue weighted by Gasteiger charge is -2.38. The van der Waals surface area contributed by atoms with Crippen LogP contribution in [0.2, 0.25) is 10.2 Å². The Kier molecular flexibility index (Phi) is 8.14. The lowest BCUT2D eigenvalue weighted by Crippen LogP contribution is -2.55. The number of likely N-dealkylation sites (tertiary alicyclic amines) is 1. The van der Waals surface area contributed by atoms with Crippen LogP contribution in [0.5, 0.6) is 5.75 Å². The smallest absolute Gasteiger partial charge is 0.255 e. The van der Waals surface area contributed by atoms with Gasteiger partial charge in [-0.15, -0.1) is 10.2 Å². The Balaban J connectivity index is 1.54. The second kappa shape index (κ2) is 10.8. The van der Waals surface area contributed by atoms with Gasteiger partial charge in [-0.25, -0.2) is 0 Å². The first kappa shape index (κ1) is 23.3. The van der Waals surface area contributed by atoms with Crippen LogP contribution in [0.1, 0.15) is 16.8 Å². The molecule has 1 aliphatic rings. The number of ether oxygens (including phenoxy) is 2. The monoisotopic (exact) mass is 468 g/mol. The van der Waals surface area contributed by atoms with Crippen molar-refractivity contribution in [3.05, 3.63) is 40.0 Å². The van der Waals surface area contributed by atoms with Gasteiger partial charge in [0.25, 0.3) is 5.91 Å². The highest BCUT2D eigenvalue weighted by atomic mass is 35.5. The molecule has 0 aliphatic carbocycles. The SMILES string of the molecule is COc1cc(N)c(Cl)cc1C(=O)N[C@H]1CCN(CCNc2ccc(Cl)nn2)C[C@H]1OC. The van der Waals surface area contributed by atoms with E-state index >= 15 is 0 Å². The summed E-state index contributed by atoms with van der Waals surface area (Å²) in [6, 6.07) is 6.41. The molecule has 168 valence electrons. The third kappa shape index (κ3) is 6.10. The maximum Gasteiger partial charge on any atom is 0.255 e. The highest BCUT2D eigenvalue weighted by Crippen LogP contribution is 2.29. The maximum atomic E-state index is 12.9. The van der Waals surface area contributed by atoms with E-state index in [2.05, 4.69) is 25.7 Å². The predicted molar refractivity (Wildman–Crippen MR) is 121 cm³/mol. The van der Waals surface area contributed by atoms with Crippen molar-refractivity contribution in [1.29, 1.82) is 0 Å². The molecule has 1 aromatic carbocycles. The predicted octanol–water partition coefficient (Wildman–Crippen LogP) is 2.31. The fraction of sp³-hybridized carbons (Fsp3) is 0.450. The molecule has 9 nitrogen and oxygen atoms in total. The summed E-state index contributed by atoms with van der Waals surface area (Å²) in [7, 11) is 3.13. The second-order valence-corrected chi connectivity index (χ2v) is 7.98. The van der Waals surface area contributed by atoms with Gasteiger partial charge < -0.3 is 25.8 Å². The van der Waals surface area contributed by atoms with Crippen molar-refractivity contribution in [2.75, 3.05) is 51.4 Å². The van der Waals surface area contributed by atoms with Crippen LogP contribution in [0, 0.1) is 0 Å². The summed E-state index contributed by atoms with van der Waals surface area (Å²) in [6.45, 7) is 3.00. The molecule has 31 heavy (non-hydrogen) atoms. The molecule has 0 radical (unpaired) electrons. The van der Waals surface area contributed by atoms with Crippen molar-refractivity contribution < 1.29 is 14.3 Å². The van der Waals surface area contributed by atoms with E-state index in [1.54, 1.807) is 25.3 Å². The van der Waals surface area contributed by atoms with Gasteiger partial charge in [-0.2, -0.15) is 0 Å². The average molecular weight is 469 g/mol. The van der Waals surface area contributed by atoms with Crippen molar-refractivity contribution in [1.82, 2.24) is 20.4 Å². The number of benzene rings is 1. The topological polar surface area (TPSA) is 115 Å². The average Bonchev–Trinajstić information content (AvgIpc) is 2.77. The second-order valence-electron chi connectivity index (χ2n) is 7.19. The van der Waals surface area contributed by atoms with Crippen LogP contribution in [-0.2, 0) is 4.74 Å². The van der Waals surface area contributed by atoms with Crippen molar-refractivity contribution in [2.24, 2.45) is 0 Å². The van der Waals surface area contributed by atoms with Gasteiger partial charge in [0.1, 0.15) is 11.6 Å². The number of methoxy groups -OCH3 is 2. The standard InChI is InChI=1S/C20H26Cl2N6O3/c1-30-16-10-14(23)13(21)9-12(16)20(29)25-15-5-7-28(11-17(15)31-2)8-6-24-19-4-3-18(22)26-27-19/h3-4,9-10,15,17H,5-8,11,23H2,1-2H3,(H,24,27)(H,25,29)/t15-,17+/m0/s1. The van der Waals surface area contributed by atoms with Gasteiger partial charge in [-0.05, 0) is 24.6 Å². The third-order valence-corrected chi connectivity index (χ3v) is 5.72. The summed E-state index contributed by atoms with van der Waals surface area (Å²) < 4.78 is 10.9. The van der Waals surface area contributed by atoms with Crippen LogP contribution in [0.4, 0.5) is 11.5 Å². The third-order valence-electron chi connectivity index (χ3n) is 5.19. The Labute approximate surface area is 191 Å². The van der Waals surface area contributed by atoms with Crippen LogP contribution in [-0.4, -0.2) is 73.5 Å². The summed E-state index contributed by atoms with van der Waals surface area (Å²) in [6.07, 6.45) is 0.596. The zero-order chi connectivity index (χ0) is 22.4. The molecular formula is C20H26Cl2N6O3. The molecule has 0 spiro atoms. The molecule has 11 heteroatoms. The quantitative estimate of drug-likeness (QED) is 0.505. The summed E-state index contributed by atoms with van der Waals surface area (Å²) >= 11 is 11.8. The molecule has 0 saturated carbocycles. The minimum atomic E-state index is -0.276. The number of carbonyl (C=O) groups is 1. The first-order valence-corrected chi connectivity index (χ1v) is 10.6. The molecule has 2 aromatic rings. The Morgan fingerprint density at radius 3 is 2.77 bits per heavy atom. The number of nitrogens with one attached hydrogen (secondary N) is 2. The zero-order valence-corrected chi connectivity index (χ0v) is 18.9. The summed E-state index contributed by atoms with van der Waals surface area (Å²) in [4.78, 5) is 15.1. The Morgan fingerprint density at radius 1 is 1.29 bits per heavy atom. The first-order chi connectivity index (χ1) is 14.9. The molecule has 1 fully saturated rings. The van der Waals surface area contributed by atoms with E-state index in [0.29, 0.717) is 46.1 Å². The molecule has 1 saturated heterocycles. The first-order valence-electron chi connectivity index (χ1n) is 9.83. The number of halogens is 2. The number of nitrogens with two attached hydrogens (primary N) is 1. The number of carbonyl (C=O) groups excluding carboxylic acids is 1. The van der Waals surface area contributed by atoms with Gasteiger partial charge >= 0.3 is 0 Å². The number of hydrogen-bond acceptors (Lipinski definition) is 8. The summed E-state index contributed by atoms with van der Waals surface area (Å²) in [5.41, 5.74) is 6.50. The Morgan fingerprint density at radius 2 is 2.10 bits per heavy atom. The number of anilines is 2. The van der Waals surface area contributed by atoms with Crippen LogP contribution in [0.15, 0.2) is 24.3 Å². The number of amides is 1. The number of rotatable bonds is 8. The number of nitrogen functional groups attached to an aromatic ring is 1. The number of piperidine rings is 1. The Hall–Kier alpha value is -2.33. The van der Waals surface area contributed by atoms with Crippen LogP contribution < -0.4 is 21.1 Å². The fourth-order valence-corrected chi connectivity index (χ4v) is 3.77. The van der Waals surface area contributed by atoms with Gasteiger partial charge in [0.2, 0.25) is 0 Å². The molecule has 1 aliphatic heterocycles. The van der Waals surface area contributed by atoms with Gasteiger partial charge in [0, 0.05) is 39.4 Å². The van der Waals surface area contributed by atoms with E-state index < -0.39 is 0 Å². The molecule has 0 unspecified atom stereocenters. The van der Waals surface area contributed by atoms with E-state index in [1.165, 1.54) is 13.2 Å². The van der Waals surface area contributed by atoms with Crippen LogP contribution in [0.25, 0.3) is 0 Å². The van der Waals surface area contributed by atoms with Gasteiger partial charge in [0.05, 0.1) is 35.5 Å². The highest BCUT2D eigenvalue weighted by molar-refractivity contribution is 6.33. The zero-order valence-electron chi connectivity index (χ0n) is 17.4. The van der Waals surface area contributed by atoms with Crippen LogP contribution >= 0.6 is 23.2 Å². The summed E-state index contributed by atoms with van der Waals surface area (Å²) in [5, 5.41) is 14.7. The van der Waals surface area contributed by atoms with E-state index in [9.17, 15) is 4.79 Å². The van der Waals surface area contributed by atoms with Crippen molar-refractivity contribution in [3.8, 4) is 5.75 Å². The molecular weight excluding hydrogens is 443 g/mol. The fourth-order valence-electron chi connectivity index (χ4n) is 3.50. The van der Waals surface area contributed by atoms with Gasteiger partial charge in [-0.3, -0.25) is 9.69 Å². The number of hydrogen-bond donors (Lipinski definition) is 3. The van der Waals surface area contributed by atoms with Crippen molar-refractivity contribution in [3.63, 3.8) is 0 Å².